The molecule has 0 aromatic carbocycles. The topological polar surface area (TPSA) is 237 Å². The summed E-state index contributed by atoms with van der Waals surface area (Å²) in [5.41, 5.74) is 0. The second-order valence-electron chi connectivity index (χ2n) is 30.0. The summed E-state index contributed by atoms with van der Waals surface area (Å²) in [4.78, 5) is 72.7. The van der Waals surface area contributed by atoms with Crippen LogP contribution in [0.4, 0.5) is 0 Å². The highest BCUT2D eigenvalue weighted by Gasteiger charge is 2.30. The minimum Gasteiger partial charge on any atom is -0.462 e. The molecule has 3 N–H and O–H groups in total. The second kappa shape index (κ2) is 73.6. The van der Waals surface area contributed by atoms with Gasteiger partial charge in [0.25, 0.3) is 0 Å². The molecule has 0 saturated heterocycles. The fourth-order valence-corrected chi connectivity index (χ4v) is 14.2. The van der Waals surface area contributed by atoms with Crippen LogP contribution in [0.3, 0.4) is 0 Å². The van der Waals surface area contributed by atoms with E-state index < -0.39 is 97.5 Å². The van der Waals surface area contributed by atoms with Crippen LogP contribution in [0, 0.1) is 11.8 Å². The molecule has 0 spiro atoms. The molecule has 0 amide bonds. The molecule has 7 atom stereocenters. The summed E-state index contributed by atoms with van der Waals surface area (Å²) in [5, 5.41) is 10.6. The maximum absolute atomic E-state index is 13.1. The molecule has 0 heterocycles. The smallest absolute Gasteiger partial charge is 0.462 e. The van der Waals surface area contributed by atoms with Crippen molar-refractivity contribution in [1.29, 1.82) is 0 Å². The maximum atomic E-state index is 13.1. The lowest BCUT2D eigenvalue weighted by Gasteiger charge is -2.21. The molecule has 17 nitrogen and oxygen atoms in total. The predicted octanol–water partition coefficient (Wildman–Crippen LogP) is 24.7. The van der Waals surface area contributed by atoms with Crippen LogP contribution in [0.2, 0.25) is 0 Å². The molecule has 0 radical (unpaired) electrons. The molecule has 600 valence electrons. The summed E-state index contributed by atoms with van der Waals surface area (Å²) in [6.45, 7) is 9.63. The van der Waals surface area contributed by atoms with Gasteiger partial charge in [-0.1, -0.05) is 382 Å². The number of esters is 4. The first-order chi connectivity index (χ1) is 48.9. The lowest BCUT2D eigenvalue weighted by Crippen LogP contribution is -2.30. The van der Waals surface area contributed by atoms with E-state index in [1.165, 1.54) is 244 Å². The highest BCUT2D eigenvalue weighted by atomic mass is 31.2. The zero-order valence-corrected chi connectivity index (χ0v) is 68.0. The van der Waals surface area contributed by atoms with Crippen LogP contribution in [0.1, 0.15) is 433 Å². The van der Waals surface area contributed by atoms with Crippen molar-refractivity contribution in [3.63, 3.8) is 0 Å². The van der Waals surface area contributed by atoms with Crippen molar-refractivity contribution in [3.8, 4) is 0 Å². The summed E-state index contributed by atoms with van der Waals surface area (Å²) >= 11 is 0. The first-order valence-electron chi connectivity index (χ1n) is 42.6. The molecule has 0 aliphatic heterocycles. The van der Waals surface area contributed by atoms with Gasteiger partial charge < -0.3 is 33.8 Å². The van der Waals surface area contributed by atoms with Gasteiger partial charge in [-0.15, -0.1) is 0 Å². The quantitative estimate of drug-likeness (QED) is 0.0222. The summed E-state index contributed by atoms with van der Waals surface area (Å²) in [5.74, 6) is -0.446. The molecule has 19 heteroatoms. The molecule has 0 aliphatic carbocycles. The number of unbranched alkanes of at least 4 members (excludes halogenated alkanes) is 49. The Kier molecular flexibility index (Phi) is 72.2. The van der Waals surface area contributed by atoms with Crippen molar-refractivity contribution in [3.05, 3.63) is 0 Å². The van der Waals surface area contributed by atoms with Gasteiger partial charge in [0.1, 0.15) is 19.3 Å². The highest BCUT2D eigenvalue weighted by molar-refractivity contribution is 7.47. The summed E-state index contributed by atoms with van der Waals surface area (Å²) in [7, 11) is -9.91. The van der Waals surface area contributed by atoms with Crippen molar-refractivity contribution in [2.75, 3.05) is 39.6 Å². The van der Waals surface area contributed by atoms with Crippen LogP contribution in [-0.2, 0) is 65.4 Å². The largest absolute Gasteiger partial charge is 0.472 e. The van der Waals surface area contributed by atoms with E-state index in [0.717, 1.165) is 108 Å². The van der Waals surface area contributed by atoms with Gasteiger partial charge in [0, 0.05) is 25.7 Å². The molecular weight excluding hydrogens is 1320 g/mol. The van der Waals surface area contributed by atoms with Gasteiger partial charge in [-0.05, 0) is 37.5 Å². The number of carbonyl (C=O) groups is 4. The van der Waals surface area contributed by atoms with Crippen LogP contribution in [0.15, 0.2) is 0 Å². The third-order valence-electron chi connectivity index (χ3n) is 19.9. The molecule has 0 aliphatic rings. The van der Waals surface area contributed by atoms with E-state index in [1.54, 1.807) is 0 Å². The average Bonchev–Trinajstić information content (AvgIpc) is 2.41. The Labute approximate surface area is 619 Å². The summed E-state index contributed by atoms with van der Waals surface area (Å²) < 4.78 is 68.5. The number of ether oxygens (including phenoxy) is 4. The Morgan fingerprint density at radius 2 is 0.475 bits per heavy atom. The van der Waals surface area contributed by atoms with Gasteiger partial charge in [0.2, 0.25) is 0 Å². The Morgan fingerprint density at radius 1 is 0.277 bits per heavy atom. The van der Waals surface area contributed by atoms with E-state index in [1.807, 2.05) is 0 Å². The van der Waals surface area contributed by atoms with Crippen LogP contribution in [-0.4, -0.2) is 96.7 Å². The van der Waals surface area contributed by atoms with Crippen LogP contribution < -0.4 is 0 Å². The number of aliphatic hydroxyl groups is 1. The molecular formula is C82H160O17P2. The van der Waals surface area contributed by atoms with E-state index in [0.29, 0.717) is 25.7 Å². The van der Waals surface area contributed by atoms with Crippen LogP contribution in [0.25, 0.3) is 0 Å². The first-order valence-corrected chi connectivity index (χ1v) is 45.6. The van der Waals surface area contributed by atoms with Gasteiger partial charge >= 0.3 is 39.5 Å². The molecule has 101 heavy (non-hydrogen) atoms. The highest BCUT2D eigenvalue weighted by Crippen LogP contribution is 2.45. The predicted molar refractivity (Wildman–Crippen MR) is 414 cm³/mol. The van der Waals surface area contributed by atoms with Gasteiger partial charge in [0.15, 0.2) is 12.2 Å². The zero-order chi connectivity index (χ0) is 74.2. The number of rotatable bonds is 81. The third-order valence-corrected chi connectivity index (χ3v) is 21.8. The van der Waals surface area contributed by atoms with Crippen molar-refractivity contribution >= 4 is 39.5 Å². The fraction of sp³-hybridized carbons (Fsp3) is 0.951. The average molecular weight is 1480 g/mol. The van der Waals surface area contributed by atoms with Gasteiger partial charge in [-0.25, -0.2) is 9.13 Å². The normalized spacial score (nSPS) is 14.4. The number of phosphoric ester groups is 2. The Hall–Kier alpha value is -1.94. The van der Waals surface area contributed by atoms with Crippen molar-refractivity contribution in [2.45, 2.75) is 452 Å². The molecule has 0 fully saturated rings. The van der Waals surface area contributed by atoms with Crippen molar-refractivity contribution in [1.82, 2.24) is 0 Å². The third kappa shape index (κ3) is 73.4. The van der Waals surface area contributed by atoms with E-state index >= 15 is 0 Å². The number of hydrogen-bond donors (Lipinski definition) is 3. The number of phosphoric acid groups is 2. The Morgan fingerprint density at radius 3 is 0.703 bits per heavy atom. The fourth-order valence-electron chi connectivity index (χ4n) is 12.6. The molecule has 0 rings (SSSR count). The molecule has 0 aromatic rings. The number of aliphatic hydroxyl groups excluding tert-OH is 1. The molecule has 4 unspecified atom stereocenters. The monoisotopic (exact) mass is 1480 g/mol. The zero-order valence-electron chi connectivity index (χ0n) is 66.2. The van der Waals surface area contributed by atoms with Crippen molar-refractivity contribution in [2.24, 2.45) is 11.8 Å². The summed E-state index contributed by atoms with van der Waals surface area (Å²) in [6, 6.07) is 0. The lowest BCUT2D eigenvalue weighted by atomic mass is 9.99. The van der Waals surface area contributed by atoms with Gasteiger partial charge in [0.05, 0.1) is 26.4 Å². The second-order valence-corrected chi connectivity index (χ2v) is 32.9. The van der Waals surface area contributed by atoms with Gasteiger partial charge in [-0.3, -0.25) is 37.3 Å². The number of carbonyl (C=O) groups excluding carboxylic acids is 4. The van der Waals surface area contributed by atoms with Crippen molar-refractivity contribution < 1.29 is 80.2 Å². The SMILES string of the molecule is CCCCCCCCCCCCCCCCCCCCCCC(=O)OC[C@H](COP(=O)(O)OC[C@@H](O)COP(=O)(O)OC[C@@H](COC(=O)CCCCCCC)OC(=O)CCCCCCCCCCCCC(C)CC)OC(=O)CCCCCCCCCCCCCCCCCCCCC(C)CC. The van der Waals surface area contributed by atoms with Crippen LogP contribution in [0.5, 0.6) is 0 Å². The maximum Gasteiger partial charge on any atom is 0.472 e. The standard InChI is InChI=1S/C82H160O17P2/c1-7-11-13-15-16-17-18-19-20-21-22-23-27-30-33-36-42-47-53-59-65-80(85)93-71-78(99-82(87)66-60-54-48-43-37-34-31-28-25-24-26-29-32-35-40-45-51-56-62-74(5)9-3)73-97-101(90,91)95-69-76(83)68-94-100(88,89)96-72-77(70-92-79(84)64-58-50-14-12-8-2)98-81(86)67-61-55-49-44-39-38-41-46-52-57-63-75(6)10-4/h74-78,83H,7-73H2,1-6H3,(H,88,89)(H,90,91)/t74?,75?,76-,77+,78+/m0/s1. The lowest BCUT2D eigenvalue weighted by molar-refractivity contribution is -0.161. The minimum atomic E-state index is -4.96. The van der Waals surface area contributed by atoms with Crippen LogP contribution >= 0.6 is 15.6 Å². The molecule has 0 bridgehead atoms. The minimum absolute atomic E-state index is 0.106. The summed E-state index contributed by atoms with van der Waals surface area (Å²) in [6.07, 6.45) is 64.3. The number of hydrogen-bond acceptors (Lipinski definition) is 15. The first kappa shape index (κ1) is 99.1. The van der Waals surface area contributed by atoms with Gasteiger partial charge in [-0.2, -0.15) is 0 Å². The Balaban J connectivity index is 5.11. The molecule has 0 saturated carbocycles. The van der Waals surface area contributed by atoms with E-state index in [2.05, 4.69) is 41.5 Å². The van der Waals surface area contributed by atoms with E-state index in [9.17, 15) is 43.2 Å². The Bertz CT molecular complexity index is 1950. The van der Waals surface area contributed by atoms with E-state index in [4.69, 9.17) is 37.0 Å². The molecule has 0 aromatic heterocycles. The van der Waals surface area contributed by atoms with E-state index in [-0.39, 0.29) is 25.7 Å².